The van der Waals surface area contributed by atoms with E-state index in [2.05, 4.69) is 40.9 Å². The van der Waals surface area contributed by atoms with Gasteiger partial charge in [-0.15, -0.1) is 0 Å². The Hall–Kier alpha value is -2.64. The number of carbonyl (C=O) groups excluding carboxylic acids is 1. The van der Waals surface area contributed by atoms with Crippen molar-refractivity contribution >= 4 is 11.7 Å². The van der Waals surface area contributed by atoms with Gasteiger partial charge in [0, 0.05) is 56.9 Å². The van der Waals surface area contributed by atoms with Crippen LogP contribution in [0.1, 0.15) is 34.3 Å². The molecule has 2 aromatic rings. The molecule has 0 atom stereocenters. The molecule has 7 nitrogen and oxygen atoms in total. The highest BCUT2D eigenvalue weighted by molar-refractivity contribution is 5.94. The Morgan fingerprint density at radius 3 is 2.55 bits per heavy atom. The number of piperazine rings is 1. The first-order valence-corrected chi connectivity index (χ1v) is 12.2. The lowest BCUT2D eigenvalue weighted by Gasteiger charge is -2.36. The number of hydrogen-bond donors (Lipinski definition) is 0. The Kier molecular flexibility index (Phi) is 6.51. The summed E-state index contributed by atoms with van der Waals surface area (Å²) in [5.74, 6) is 2.04. The lowest BCUT2D eigenvalue weighted by molar-refractivity contribution is 0.0746. The van der Waals surface area contributed by atoms with Crippen LogP contribution in [-0.4, -0.2) is 91.6 Å². The van der Waals surface area contributed by atoms with Crippen LogP contribution in [0.4, 0.5) is 5.82 Å². The van der Waals surface area contributed by atoms with Crippen LogP contribution in [0.25, 0.3) is 0 Å². The molecule has 0 spiro atoms. The van der Waals surface area contributed by atoms with Gasteiger partial charge >= 0.3 is 0 Å². The molecule has 1 aromatic carbocycles. The number of rotatable bonds is 5. The molecule has 0 aliphatic carbocycles. The number of amides is 1. The van der Waals surface area contributed by atoms with Gasteiger partial charge in [-0.3, -0.25) is 9.69 Å². The summed E-state index contributed by atoms with van der Waals surface area (Å²) in [6.07, 6.45) is 5.39. The average Bonchev–Trinajstić information content (AvgIpc) is 3.33. The smallest absolute Gasteiger partial charge is 0.253 e. The van der Waals surface area contributed by atoms with Gasteiger partial charge in [0.15, 0.2) is 0 Å². The van der Waals surface area contributed by atoms with E-state index in [1.165, 1.54) is 18.4 Å². The zero-order valence-corrected chi connectivity index (χ0v) is 19.9. The number of piperidine rings is 1. The molecule has 3 aliphatic rings. The van der Waals surface area contributed by atoms with Crippen LogP contribution in [0, 0.1) is 0 Å². The molecule has 2 fully saturated rings. The van der Waals surface area contributed by atoms with E-state index in [4.69, 9.17) is 9.72 Å². The van der Waals surface area contributed by atoms with Crippen LogP contribution in [-0.2, 0) is 13.0 Å². The van der Waals surface area contributed by atoms with E-state index in [9.17, 15) is 4.79 Å². The molecule has 1 amide bonds. The molecule has 7 heteroatoms. The molecule has 5 rings (SSSR count). The first-order chi connectivity index (χ1) is 16.1. The molecule has 2 saturated heterocycles. The van der Waals surface area contributed by atoms with Crippen molar-refractivity contribution in [3.05, 3.63) is 53.2 Å². The van der Waals surface area contributed by atoms with Crippen molar-refractivity contribution in [2.24, 2.45) is 0 Å². The molecule has 33 heavy (non-hydrogen) atoms. The Balaban J connectivity index is 1.12. The standard InChI is InChI=1S/C26H35N5O2/c1-28(2)23-7-10-29(11-8-23)19-20-3-6-25(27-18-20)30-12-14-31(15-13-30)26(32)22-4-5-24-21(17-22)9-16-33-24/h3-6,17-18,23H,7-16,19H2,1-2H3. The molecule has 0 bridgehead atoms. The first kappa shape index (κ1) is 22.2. The topological polar surface area (TPSA) is 52.2 Å². The third-order valence-electron chi connectivity index (χ3n) is 7.33. The molecular formula is C26H35N5O2. The molecule has 1 aromatic heterocycles. The second-order valence-corrected chi connectivity index (χ2v) is 9.70. The van der Waals surface area contributed by atoms with Gasteiger partial charge in [0.25, 0.3) is 5.91 Å². The predicted octanol–water partition coefficient (Wildman–Crippen LogP) is 2.50. The van der Waals surface area contributed by atoms with Crippen LogP contribution in [0.15, 0.2) is 36.5 Å². The van der Waals surface area contributed by atoms with Crippen molar-refractivity contribution in [1.82, 2.24) is 19.7 Å². The number of fused-ring (bicyclic) bond motifs is 1. The molecular weight excluding hydrogens is 414 g/mol. The minimum atomic E-state index is 0.116. The van der Waals surface area contributed by atoms with Crippen LogP contribution < -0.4 is 9.64 Å². The van der Waals surface area contributed by atoms with E-state index in [0.29, 0.717) is 12.6 Å². The van der Waals surface area contributed by atoms with Gasteiger partial charge in [0.2, 0.25) is 0 Å². The lowest BCUT2D eigenvalue weighted by Crippen LogP contribution is -2.49. The van der Waals surface area contributed by atoms with Gasteiger partial charge in [-0.05, 0) is 75.4 Å². The number of carbonyl (C=O) groups is 1. The van der Waals surface area contributed by atoms with Crippen molar-refractivity contribution in [2.45, 2.75) is 31.8 Å². The summed E-state index contributed by atoms with van der Waals surface area (Å²) in [5.41, 5.74) is 3.19. The molecule has 3 aliphatic heterocycles. The fourth-order valence-electron chi connectivity index (χ4n) is 5.19. The molecule has 0 radical (unpaired) electrons. The van der Waals surface area contributed by atoms with E-state index in [1.807, 2.05) is 29.3 Å². The molecule has 0 saturated carbocycles. The number of nitrogens with zero attached hydrogens (tertiary/aromatic N) is 5. The summed E-state index contributed by atoms with van der Waals surface area (Å²) in [5, 5.41) is 0. The Morgan fingerprint density at radius 1 is 1.06 bits per heavy atom. The maximum atomic E-state index is 13.0. The number of benzene rings is 1. The highest BCUT2D eigenvalue weighted by Crippen LogP contribution is 2.27. The number of ether oxygens (including phenoxy) is 1. The predicted molar refractivity (Wildman–Crippen MR) is 130 cm³/mol. The zero-order chi connectivity index (χ0) is 22.8. The summed E-state index contributed by atoms with van der Waals surface area (Å²) in [7, 11) is 4.36. The maximum Gasteiger partial charge on any atom is 0.253 e. The van der Waals surface area contributed by atoms with Gasteiger partial charge in [0.05, 0.1) is 6.61 Å². The van der Waals surface area contributed by atoms with Crippen molar-refractivity contribution in [3.8, 4) is 5.75 Å². The van der Waals surface area contributed by atoms with Crippen molar-refractivity contribution in [2.75, 3.05) is 64.9 Å². The lowest BCUT2D eigenvalue weighted by atomic mass is 10.0. The first-order valence-electron chi connectivity index (χ1n) is 12.2. The van der Waals surface area contributed by atoms with E-state index >= 15 is 0 Å². The van der Waals surface area contributed by atoms with Gasteiger partial charge < -0.3 is 19.4 Å². The second-order valence-electron chi connectivity index (χ2n) is 9.70. The number of anilines is 1. The fourth-order valence-corrected chi connectivity index (χ4v) is 5.19. The van der Waals surface area contributed by atoms with Gasteiger partial charge in [-0.1, -0.05) is 6.07 Å². The minimum Gasteiger partial charge on any atom is -0.493 e. The molecule has 4 heterocycles. The van der Waals surface area contributed by atoms with E-state index in [0.717, 1.165) is 74.9 Å². The van der Waals surface area contributed by atoms with E-state index in [1.54, 1.807) is 0 Å². The molecule has 0 unspecified atom stereocenters. The van der Waals surface area contributed by atoms with Gasteiger partial charge in [-0.2, -0.15) is 0 Å². The van der Waals surface area contributed by atoms with Crippen molar-refractivity contribution in [1.29, 1.82) is 0 Å². The van der Waals surface area contributed by atoms with Gasteiger partial charge in [0.1, 0.15) is 11.6 Å². The van der Waals surface area contributed by atoms with Gasteiger partial charge in [-0.25, -0.2) is 4.98 Å². The SMILES string of the molecule is CN(C)C1CCN(Cc2ccc(N3CCN(C(=O)c4ccc5c(c4)CCO5)CC3)nc2)CC1. The summed E-state index contributed by atoms with van der Waals surface area (Å²) >= 11 is 0. The Bertz CT molecular complexity index is 961. The number of aromatic nitrogens is 1. The van der Waals surface area contributed by atoms with Crippen LogP contribution in [0.3, 0.4) is 0 Å². The highest BCUT2D eigenvalue weighted by Gasteiger charge is 2.25. The average molecular weight is 450 g/mol. The van der Waals surface area contributed by atoms with Crippen LogP contribution in [0.5, 0.6) is 5.75 Å². The fraction of sp³-hybridized carbons (Fsp3) is 0.538. The maximum absolute atomic E-state index is 13.0. The van der Waals surface area contributed by atoms with Crippen LogP contribution >= 0.6 is 0 Å². The Labute approximate surface area is 196 Å². The molecule has 0 N–H and O–H groups in total. The van der Waals surface area contributed by atoms with Crippen LogP contribution in [0.2, 0.25) is 0 Å². The molecule has 176 valence electrons. The van der Waals surface area contributed by atoms with E-state index < -0.39 is 0 Å². The third-order valence-corrected chi connectivity index (χ3v) is 7.33. The highest BCUT2D eigenvalue weighted by atomic mass is 16.5. The Morgan fingerprint density at radius 2 is 1.85 bits per heavy atom. The summed E-state index contributed by atoms with van der Waals surface area (Å²) in [6, 6.07) is 10.9. The second kappa shape index (κ2) is 9.69. The minimum absolute atomic E-state index is 0.116. The summed E-state index contributed by atoms with van der Waals surface area (Å²) < 4.78 is 5.56. The monoisotopic (exact) mass is 449 g/mol. The van der Waals surface area contributed by atoms with Crippen molar-refractivity contribution < 1.29 is 9.53 Å². The normalized spacial score (nSPS) is 19.6. The summed E-state index contributed by atoms with van der Waals surface area (Å²) in [6.45, 7) is 7.05. The number of pyridine rings is 1. The van der Waals surface area contributed by atoms with Crippen molar-refractivity contribution in [3.63, 3.8) is 0 Å². The quantitative estimate of drug-likeness (QED) is 0.699. The summed E-state index contributed by atoms with van der Waals surface area (Å²) in [4.78, 5) is 26.9. The number of likely N-dealkylation sites (tertiary alicyclic amines) is 1. The third kappa shape index (κ3) is 4.99. The zero-order valence-electron chi connectivity index (χ0n) is 19.9. The largest absolute Gasteiger partial charge is 0.493 e. The van der Waals surface area contributed by atoms with E-state index in [-0.39, 0.29) is 5.91 Å². The number of hydrogen-bond acceptors (Lipinski definition) is 6.